The molecule has 0 radical (unpaired) electrons. The number of anilines is 3. The van der Waals surface area contributed by atoms with E-state index in [9.17, 15) is 5.26 Å². The van der Waals surface area contributed by atoms with Crippen LogP contribution in [0.15, 0.2) is 146 Å². The van der Waals surface area contributed by atoms with Crippen molar-refractivity contribution < 1.29 is 0 Å². The molecule has 48 heavy (non-hydrogen) atoms. The number of rotatable bonds is 7. The highest BCUT2D eigenvalue weighted by Gasteiger charge is 2.25. The lowest BCUT2D eigenvalue weighted by Gasteiger charge is -2.28. The normalized spacial score (nSPS) is 13.3. The van der Waals surface area contributed by atoms with E-state index in [2.05, 4.69) is 103 Å². The monoisotopic (exact) mass is 627 g/mol. The van der Waals surface area contributed by atoms with E-state index in [-0.39, 0.29) is 0 Å². The van der Waals surface area contributed by atoms with Crippen LogP contribution in [0.25, 0.3) is 27.2 Å². The molecule has 5 aromatic carbocycles. The first-order valence-corrected chi connectivity index (χ1v) is 16.9. The maximum absolute atomic E-state index is 9.18. The van der Waals surface area contributed by atoms with Gasteiger partial charge in [-0.25, -0.2) is 0 Å². The van der Waals surface area contributed by atoms with Gasteiger partial charge in [-0.05, 0) is 101 Å². The molecule has 0 atom stereocenters. The minimum atomic E-state index is 0.682. The molecule has 0 spiro atoms. The second kappa shape index (κ2) is 15.3. The minimum absolute atomic E-state index is 0.682. The van der Waals surface area contributed by atoms with Gasteiger partial charge >= 0.3 is 0 Å². The molecule has 240 valence electrons. The van der Waals surface area contributed by atoms with Gasteiger partial charge in [-0.2, -0.15) is 5.26 Å². The number of para-hydroxylation sites is 1. The molecule has 2 aliphatic rings. The van der Waals surface area contributed by atoms with Crippen LogP contribution in [0.4, 0.5) is 17.1 Å². The number of hydrogen-bond donors (Lipinski definition) is 0. The van der Waals surface area contributed by atoms with Gasteiger partial charge in [0.05, 0.1) is 11.6 Å². The third kappa shape index (κ3) is 6.48. The second-order valence-electron chi connectivity index (χ2n) is 11.7. The Morgan fingerprint density at radius 1 is 0.854 bits per heavy atom. The van der Waals surface area contributed by atoms with Crippen LogP contribution in [0.5, 0.6) is 0 Å². The van der Waals surface area contributed by atoms with E-state index in [1.54, 1.807) is 12.2 Å². The van der Waals surface area contributed by atoms with Crippen molar-refractivity contribution in [1.82, 2.24) is 0 Å². The molecule has 0 amide bonds. The van der Waals surface area contributed by atoms with Crippen molar-refractivity contribution in [2.45, 2.75) is 40.0 Å². The van der Waals surface area contributed by atoms with Crippen LogP contribution in [0, 0.1) is 11.3 Å². The molecule has 0 aromatic heterocycles. The molecule has 0 saturated heterocycles. The van der Waals surface area contributed by atoms with Gasteiger partial charge in [0.1, 0.15) is 0 Å². The van der Waals surface area contributed by atoms with Gasteiger partial charge in [0.2, 0.25) is 0 Å². The minimum Gasteiger partial charge on any atom is -0.344 e. The van der Waals surface area contributed by atoms with Crippen molar-refractivity contribution >= 4 is 44.3 Å². The molecule has 0 bridgehead atoms. The fourth-order valence-corrected chi connectivity index (χ4v) is 6.82. The zero-order chi connectivity index (χ0) is 34.2. The van der Waals surface area contributed by atoms with Crippen molar-refractivity contribution in [2.24, 2.45) is 0 Å². The van der Waals surface area contributed by atoms with Gasteiger partial charge in [-0.3, -0.25) is 0 Å². The summed E-state index contributed by atoms with van der Waals surface area (Å²) >= 11 is 0. The number of nitrogens with zero attached hydrogens (tertiary/aromatic N) is 3. The number of hydrogen-bond acceptors (Lipinski definition) is 3. The Morgan fingerprint density at radius 2 is 1.60 bits per heavy atom. The summed E-state index contributed by atoms with van der Waals surface area (Å²) in [5.74, 6) is 0. The highest BCUT2D eigenvalue weighted by molar-refractivity contribution is 6.16. The van der Waals surface area contributed by atoms with E-state index in [0.717, 1.165) is 42.6 Å². The van der Waals surface area contributed by atoms with Gasteiger partial charge in [-0.1, -0.05) is 112 Å². The highest BCUT2D eigenvalue weighted by Crippen LogP contribution is 2.40. The zero-order valence-corrected chi connectivity index (χ0v) is 28.8. The summed E-state index contributed by atoms with van der Waals surface area (Å²) in [6.07, 6.45) is 12.6. The lowest BCUT2D eigenvalue weighted by atomic mass is 9.87. The average molecular weight is 628 g/mol. The lowest BCUT2D eigenvalue weighted by molar-refractivity contribution is 0.913. The number of benzene rings is 5. The molecule has 1 aliphatic carbocycles. The van der Waals surface area contributed by atoms with E-state index in [4.69, 9.17) is 0 Å². The van der Waals surface area contributed by atoms with E-state index in [1.807, 2.05) is 63.3 Å². The fraction of sp³-hybridized carbons (Fsp3) is 0.178. The third-order valence-corrected chi connectivity index (χ3v) is 9.14. The highest BCUT2D eigenvalue weighted by atomic mass is 15.2. The summed E-state index contributed by atoms with van der Waals surface area (Å²) in [4.78, 5) is 4.79. The number of allylic oxidation sites excluding steroid dienone is 7. The molecule has 1 aliphatic heterocycles. The smallest absolute Gasteiger partial charge is 0.0991 e. The quantitative estimate of drug-likeness (QED) is 0.168. The molecule has 7 rings (SSSR count). The van der Waals surface area contributed by atoms with Crippen LogP contribution in [-0.4, -0.2) is 13.6 Å². The third-order valence-electron chi connectivity index (χ3n) is 9.14. The molecule has 1 heterocycles. The largest absolute Gasteiger partial charge is 0.344 e. The maximum atomic E-state index is 9.18. The lowest BCUT2D eigenvalue weighted by Crippen LogP contribution is -2.28. The van der Waals surface area contributed by atoms with Gasteiger partial charge in [-0.15, -0.1) is 0 Å². The van der Waals surface area contributed by atoms with Gasteiger partial charge in [0.15, 0.2) is 0 Å². The van der Waals surface area contributed by atoms with E-state index in [0.29, 0.717) is 5.56 Å². The Kier molecular flexibility index (Phi) is 10.8. The fourth-order valence-electron chi connectivity index (χ4n) is 6.82. The van der Waals surface area contributed by atoms with Crippen molar-refractivity contribution in [3.63, 3.8) is 0 Å². The topological polar surface area (TPSA) is 30.3 Å². The molecule has 0 unspecified atom stereocenters. The summed E-state index contributed by atoms with van der Waals surface area (Å²) in [5, 5.41) is 15.9. The summed E-state index contributed by atoms with van der Waals surface area (Å²) in [6, 6.07) is 32.7. The Hall–Kier alpha value is -5.59. The predicted molar refractivity (Wildman–Crippen MR) is 209 cm³/mol. The molecule has 3 nitrogen and oxygen atoms in total. The van der Waals surface area contributed by atoms with E-state index >= 15 is 0 Å². The Balaban J connectivity index is 0.000000299. The molecule has 3 heteroatoms. The summed E-state index contributed by atoms with van der Waals surface area (Å²) in [5.41, 5.74) is 10.7. The Labute approximate surface area is 286 Å². The molecule has 0 N–H and O–H groups in total. The number of fused-ring (bicyclic) bond motifs is 1. The van der Waals surface area contributed by atoms with Crippen LogP contribution in [-0.2, 0) is 12.8 Å². The zero-order valence-electron chi connectivity index (χ0n) is 28.8. The second-order valence-corrected chi connectivity index (χ2v) is 11.7. The first-order valence-electron chi connectivity index (χ1n) is 16.9. The van der Waals surface area contributed by atoms with Crippen molar-refractivity contribution in [3.05, 3.63) is 168 Å². The number of aryl methyl sites for hydroxylation is 1. The predicted octanol–water partition coefficient (Wildman–Crippen LogP) is 10.9. The first kappa shape index (κ1) is 33.8. The Bertz CT molecular complexity index is 2140. The summed E-state index contributed by atoms with van der Waals surface area (Å²) < 4.78 is 0. The van der Waals surface area contributed by atoms with Crippen LogP contribution in [0.1, 0.15) is 43.9 Å². The van der Waals surface area contributed by atoms with Crippen molar-refractivity contribution in [3.8, 4) is 6.07 Å². The van der Waals surface area contributed by atoms with Crippen LogP contribution < -0.4 is 15.0 Å². The Morgan fingerprint density at radius 3 is 2.31 bits per heavy atom. The molecule has 5 aromatic rings. The molecular formula is C45H45N3. The SMILES string of the molecule is C=C/C=C(/C=C\C)C(=C)C=C.CC.CN(c1ccc(C#N)cc1)c1ccc2ccc3c4c(ccc1c24)CCC=3N1CCc2ccccc21. The van der Waals surface area contributed by atoms with Gasteiger partial charge in [0, 0.05) is 47.0 Å². The van der Waals surface area contributed by atoms with Crippen molar-refractivity contribution in [2.75, 3.05) is 23.4 Å². The van der Waals surface area contributed by atoms with Gasteiger partial charge in [0.25, 0.3) is 0 Å². The average Bonchev–Trinajstić information content (AvgIpc) is 3.58. The standard InChI is InChI=1S/C32H25N3.C11H14.C2H6/c1-34(25-12-6-21(20-33)7-13-25)29-16-10-23-9-15-27-30(35-19-18-22-4-2-3-5-28(22)35)17-11-24-8-14-26(29)31(23)32(24)27;1-5-8-11(9-6-2)10(4)7-3;1-2/h2-10,12-16H,11,17-19H2,1H3;5-9H,1,3-4H2,2H3;1-2H3/b;9-6-,11-8-;. The van der Waals surface area contributed by atoms with Crippen LogP contribution in [0.2, 0.25) is 0 Å². The molecule has 0 saturated carbocycles. The molecule has 0 fully saturated rings. The van der Waals surface area contributed by atoms with Crippen molar-refractivity contribution in [1.29, 1.82) is 5.26 Å². The molecular weight excluding hydrogens is 583 g/mol. The summed E-state index contributed by atoms with van der Waals surface area (Å²) in [7, 11) is 2.11. The van der Waals surface area contributed by atoms with Crippen LogP contribution >= 0.6 is 0 Å². The first-order chi connectivity index (χ1) is 23.5. The number of nitriles is 1. The van der Waals surface area contributed by atoms with E-state index in [1.165, 1.54) is 55.0 Å². The van der Waals surface area contributed by atoms with Gasteiger partial charge < -0.3 is 9.80 Å². The summed E-state index contributed by atoms with van der Waals surface area (Å²) in [6.45, 7) is 18.1. The van der Waals surface area contributed by atoms with E-state index < -0.39 is 0 Å². The maximum Gasteiger partial charge on any atom is 0.0991 e. The van der Waals surface area contributed by atoms with Crippen LogP contribution in [0.3, 0.4) is 0 Å².